The second-order valence-corrected chi connectivity index (χ2v) is 6.14. The highest BCUT2D eigenvalue weighted by molar-refractivity contribution is 5.74. The molecule has 2 bridgehead atoms. The van der Waals surface area contributed by atoms with Crippen molar-refractivity contribution in [2.24, 2.45) is 11.8 Å². The van der Waals surface area contributed by atoms with Gasteiger partial charge in [-0.15, -0.1) is 0 Å². The first kappa shape index (κ1) is 15.1. The van der Waals surface area contributed by atoms with Crippen molar-refractivity contribution >= 4 is 12.0 Å². The maximum atomic E-state index is 11.9. The van der Waals surface area contributed by atoms with Crippen molar-refractivity contribution in [1.29, 1.82) is 0 Å². The number of amides is 2. The van der Waals surface area contributed by atoms with Gasteiger partial charge in [0.2, 0.25) is 0 Å². The van der Waals surface area contributed by atoms with E-state index >= 15 is 0 Å². The maximum absolute atomic E-state index is 11.9. The fourth-order valence-electron chi connectivity index (χ4n) is 3.09. The highest BCUT2D eigenvalue weighted by atomic mass is 16.4. The molecule has 3 rings (SSSR count). The third-order valence-electron chi connectivity index (χ3n) is 4.43. The Morgan fingerprint density at radius 3 is 2.60 bits per heavy atom. The smallest absolute Gasteiger partial charge is 0.315 e. The fourth-order valence-corrected chi connectivity index (χ4v) is 3.09. The number of fused-ring (bicyclic) bond motifs is 3. The van der Waals surface area contributed by atoms with E-state index in [0.717, 1.165) is 19.6 Å². The lowest BCUT2D eigenvalue weighted by Gasteiger charge is -2.44. The van der Waals surface area contributed by atoms with Gasteiger partial charge in [-0.05, 0) is 44.2 Å². The Hall–Kier alpha value is -1.30. The van der Waals surface area contributed by atoms with Gasteiger partial charge in [0.05, 0.1) is 0 Å². The summed E-state index contributed by atoms with van der Waals surface area (Å²) >= 11 is 0. The summed E-state index contributed by atoms with van der Waals surface area (Å²) in [5.74, 6) is 0.0205. The molecular weight excluding hydrogens is 258 g/mol. The summed E-state index contributed by atoms with van der Waals surface area (Å²) in [6.45, 7) is 5.78. The number of carbonyl (C=O) groups excluding carboxylic acids is 1. The number of hydrogen-bond donors (Lipinski definition) is 3. The van der Waals surface area contributed by atoms with Crippen molar-refractivity contribution in [3.05, 3.63) is 0 Å². The van der Waals surface area contributed by atoms with Crippen molar-refractivity contribution in [3.63, 3.8) is 0 Å². The van der Waals surface area contributed by atoms with Gasteiger partial charge in [0.1, 0.15) is 0 Å². The van der Waals surface area contributed by atoms with E-state index in [0.29, 0.717) is 18.9 Å². The lowest BCUT2D eigenvalue weighted by molar-refractivity contribution is -0.137. The van der Waals surface area contributed by atoms with Crippen LogP contribution < -0.4 is 10.6 Å². The largest absolute Gasteiger partial charge is 0.481 e. The molecule has 0 aromatic carbocycles. The molecule has 3 saturated heterocycles. The third kappa shape index (κ3) is 4.37. The van der Waals surface area contributed by atoms with Crippen LogP contribution in [0, 0.1) is 11.8 Å². The van der Waals surface area contributed by atoms with Gasteiger partial charge in [-0.1, -0.05) is 6.92 Å². The molecule has 2 amide bonds. The zero-order chi connectivity index (χ0) is 14.5. The number of rotatable bonds is 6. The monoisotopic (exact) mass is 283 g/mol. The molecule has 0 radical (unpaired) electrons. The van der Waals surface area contributed by atoms with Gasteiger partial charge >= 0.3 is 12.0 Å². The average molecular weight is 283 g/mol. The van der Waals surface area contributed by atoms with E-state index in [2.05, 4.69) is 15.5 Å². The lowest BCUT2D eigenvalue weighted by atomic mass is 9.84. The average Bonchev–Trinajstić information content (AvgIpc) is 2.44. The third-order valence-corrected chi connectivity index (χ3v) is 4.43. The van der Waals surface area contributed by atoms with Gasteiger partial charge in [0.15, 0.2) is 0 Å². The Kier molecular flexibility index (Phi) is 5.23. The van der Waals surface area contributed by atoms with Crippen LogP contribution in [0.5, 0.6) is 0 Å². The molecule has 6 nitrogen and oxygen atoms in total. The van der Waals surface area contributed by atoms with E-state index in [9.17, 15) is 9.59 Å². The van der Waals surface area contributed by atoms with Crippen LogP contribution >= 0.6 is 0 Å². The van der Waals surface area contributed by atoms with Gasteiger partial charge < -0.3 is 20.6 Å². The van der Waals surface area contributed by atoms with Crippen molar-refractivity contribution in [2.75, 3.05) is 26.2 Å². The number of carbonyl (C=O) groups is 2. The first-order valence-corrected chi connectivity index (χ1v) is 7.53. The SMILES string of the molecule is CC(CCC(=O)O)CNC(=O)NC1CN2CCC1CC2. The molecule has 0 aliphatic carbocycles. The van der Waals surface area contributed by atoms with E-state index in [-0.39, 0.29) is 24.4 Å². The number of urea groups is 1. The van der Waals surface area contributed by atoms with Crippen LogP contribution in [0.1, 0.15) is 32.6 Å². The minimum absolute atomic E-state index is 0.120. The van der Waals surface area contributed by atoms with E-state index in [1.54, 1.807) is 0 Å². The molecule has 3 N–H and O–H groups in total. The van der Waals surface area contributed by atoms with Crippen molar-refractivity contribution in [2.45, 2.75) is 38.6 Å². The topological polar surface area (TPSA) is 81.7 Å². The Morgan fingerprint density at radius 1 is 1.35 bits per heavy atom. The molecule has 0 aromatic heterocycles. The number of carboxylic acid groups (broad SMARTS) is 1. The van der Waals surface area contributed by atoms with Crippen molar-refractivity contribution < 1.29 is 14.7 Å². The summed E-state index contributed by atoms with van der Waals surface area (Å²) in [4.78, 5) is 24.7. The van der Waals surface area contributed by atoms with Crippen LogP contribution in [0.2, 0.25) is 0 Å². The molecule has 0 spiro atoms. The van der Waals surface area contributed by atoms with Crippen LogP contribution in [0.4, 0.5) is 4.79 Å². The Balaban J connectivity index is 1.64. The Bertz CT molecular complexity index is 354. The molecule has 3 fully saturated rings. The van der Waals surface area contributed by atoms with E-state index in [4.69, 9.17) is 5.11 Å². The summed E-state index contributed by atoms with van der Waals surface area (Å²) in [5, 5.41) is 14.5. The fraction of sp³-hybridized carbons (Fsp3) is 0.857. The highest BCUT2D eigenvalue weighted by Gasteiger charge is 2.34. The standard InChI is InChI=1S/C14H25N3O3/c1-10(2-3-13(18)19)8-15-14(20)16-12-9-17-6-4-11(12)5-7-17/h10-12H,2-9H2,1H3,(H,18,19)(H2,15,16,20). The number of aliphatic carboxylic acids is 1. The number of carboxylic acids is 1. The van der Waals surface area contributed by atoms with Gasteiger partial charge in [0.25, 0.3) is 0 Å². The van der Waals surface area contributed by atoms with E-state index in [1.807, 2.05) is 6.92 Å². The normalized spacial score (nSPS) is 29.8. The van der Waals surface area contributed by atoms with Crippen molar-refractivity contribution in [3.8, 4) is 0 Å². The van der Waals surface area contributed by atoms with E-state index < -0.39 is 5.97 Å². The van der Waals surface area contributed by atoms with Crippen LogP contribution in [0.3, 0.4) is 0 Å². The molecule has 6 heteroatoms. The molecular formula is C14H25N3O3. The quantitative estimate of drug-likeness (QED) is 0.676. The van der Waals surface area contributed by atoms with Crippen LogP contribution in [-0.2, 0) is 4.79 Å². The molecule has 2 unspecified atom stereocenters. The second kappa shape index (κ2) is 6.92. The lowest BCUT2D eigenvalue weighted by Crippen LogP contribution is -2.58. The molecule has 3 heterocycles. The summed E-state index contributed by atoms with van der Waals surface area (Å²) in [6.07, 6.45) is 3.11. The predicted molar refractivity (Wildman–Crippen MR) is 75.5 cm³/mol. The molecule has 114 valence electrons. The highest BCUT2D eigenvalue weighted by Crippen LogP contribution is 2.27. The summed E-state index contributed by atoms with van der Waals surface area (Å²) in [5.41, 5.74) is 0. The van der Waals surface area contributed by atoms with Crippen LogP contribution in [0.15, 0.2) is 0 Å². The minimum Gasteiger partial charge on any atom is -0.481 e. The van der Waals surface area contributed by atoms with Gasteiger partial charge in [-0.2, -0.15) is 0 Å². The number of nitrogens with zero attached hydrogens (tertiary/aromatic N) is 1. The van der Waals surface area contributed by atoms with Gasteiger partial charge in [-0.25, -0.2) is 4.79 Å². The summed E-state index contributed by atoms with van der Waals surface area (Å²) < 4.78 is 0. The number of nitrogens with one attached hydrogen (secondary N) is 2. The Labute approximate surface area is 119 Å². The number of hydrogen-bond acceptors (Lipinski definition) is 3. The van der Waals surface area contributed by atoms with Gasteiger partial charge in [-0.3, -0.25) is 4.79 Å². The molecule has 0 aromatic rings. The first-order chi connectivity index (χ1) is 9.54. The van der Waals surface area contributed by atoms with E-state index in [1.165, 1.54) is 12.8 Å². The van der Waals surface area contributed by atoms with Crippen LogP contribution in [-0.4, -0.2) is 54.2 Å². The van der Waals surface area contributed by atoms with Crippen LogP contribution in [0.25, 0.3) is 0 Å². The van der Waals surface area contributed by atoms with Crippen molar-refractivity contribution in [1.82, 2.24) is 15.5 Å². The number of piperidine rings is 3. The molecule has 0 saturated carbocycles. The zero-order valence-electron chi connectivity index (χ0n) is 12.1. The molecule has 20 heavy (non-hydrogen) atoms. The zero-order valence-corrected chi connectivity index (χ0v) is 12.1. The molecule has 3 aliphatic heterocycles. The minimum atomic E-state index is -0.784. The molecule has 2 atom stereocenters. The summed E-state index contributed by atoms with van der Waals surface area (Å²) in [6, 6.07) is 0.151. The summed E-state index contributed by atoms with van der Waals surface area (Å²) in [7, 11) is 0. The Morgan fingerprint density at radius 2 is 2.05 bits per heavy atom. The second-order valence-electron chi connectivity index (χ2n) is 6.14. The predicted octanol–water partition coefficient (Wildman–Crippen LogP) is 0.881. The first-order valence-electron chi connectivity index (χ1n) is 7.53. The van der Waals surface area contributed by atoms with Gasteiger partial charge in [0, 0.05) is 25.6 Å². The molecule has 3 aliphatic rings. The maximum Gasteiger partial charge on any atom is 0.315 e.